The fraction of sp³-hybridized carbons (Fsp3) is 0.304. The zero-order valence-electron chi connectivity index (χ0n) is 15.6. The largest absolute Gasteiger partial charge is 0.483 e. The van der Waals surface area contributed by atoms with E-state index in [2.05, 4.69) is 10.6 Å². The Kier molecular flexibility index (Phi) is 5.42. The number of hydrogen-bond donors (Lipinski definition) is 2. The normalized spacial score (nSPS) is 25.4. The Bertz CT molecular complexity index is 864. The Morgan fingerprint density at radius 2 is 1.79 bits per heavy atom. The number of carbonyl (C=O) groups is 2. The quantitative estimate of drug-likeness (QED) is 0.806. The van der Waals surface area contributed by atoms with Crippen LogP contribution in [0.25, 0.3) is 6.08 Å². The number of carbonyl (C=O) groups excluding carboxylic acids is 2. The van der Waals surface area contributed by atoms with Gasteiger partial charge < -0.3 is 15.4 Å². The van der Waals surface area contributed by atoms with Gasteiger partial charge in [0, 0.05) is 12.5 Å². The standard InChI is InChI=1S/C23H24N2O3/c26-22(24-15-17-9-5-2-6-10-17)18-11-12-20-19(14-18)25-23(27)21(28-20)13-16-7-3-1-4-8-16/h1-10,13,18-20H,11-12,14-15H2,(H,24,26)(H,25,27)/b21-13+. The maximum atomic E-state index is 12.6. The molecule has 3 atom stereocenters. The second-order valence-corrected chi connectivity index (χ2v) is 7.37. The molecule has 2 amide bonds. The van der Waals surface area contributed by atoms with Gasteiger partial charge in [0.15, 0.2) is 5.76 Å². The van der Waals surface area contributed by atoms with Crippen LogP contribution in [0.4, 0.5) is 0 Å². The highest BCUT2D eigenvalue weighted by Crippen LogP contribution is 2.31. The highest BCUT2D eigenvalue weighted by molar-refractivity contribution is 5.96. The summed E-state index contributed by atoms with van der Waals surface area (Å²) in [6, 6.07) is 19.4. The molecular formula is C23H24N2O3. The van der Waals surface area contributed by atoms with E-state index in [1.165, 1.54) is 0 Å². The minimum Gasteiger partial charge on any atom is -0.483 e. The highest BCUT2D eigenvalue weighted by atomic mass is 16.5. The van der Waals surface area contributed by atoms with Crippen LogP contribution in [0.1, 0.15) is 30.4 Å². The molecule has 2 aromatic carbocycles. The summed E-state index contributed by atoms with van der Waals surface area (Å²) in [4.78, 5) is 25.0. The van der Waals surface area contributed by atoms with E-state index in [0.29, 0.717) is 18.7 Å². The molecule has 1 saturated carbocycles. The first-order valence-electron chi connectivity index (χ1n) is 9.75. The average molecular weight is 376 g/mol. The van der Waals surface area contributed by atoms with Crippen LogP contribution in [-0.4, -0.2) is 24.0 Å². The molecule has 1 saturated heterocycles. The van der Waals surface area contributed by atoms with Crippen LogP contribution in [0.15, 0.2) is 66.4 Å². The maximum Gasteiger partial charge on any atom is 0.286 e. The van der Waals surface area contributed by atoms with Crippen molar-refractivity contribution in [2.75, 3.05) is 0 Å². The summed E-state index contributed by atoms with van der Waals surface area (Å²) in [5.74, 6) is 0.0746. The molecule has 0 radical (unpaired) electrons. The van der Waals surface area contributed by atoms with Crippen molar-refractivity contribution >= 4 is 17.9 Å². The van der Waals surface area contributed by atoms with Gasteiger partial charge in [0.25, 0.3) is 5.91 Å². The van der Waals surface area contributed by atoms with Crippen LogP contribution in [0.5, 0.6) is 0 Å². The molecule has 1 aliphatic heterocycles. The predicted octanol–water partition coefficient (Wildman–Crippen LogP) is 3.03. The minimum atomic E-state index is -0.213. The van der Waals surface area contributed by atoms with Crippen molar-refractivity contribution < 1.29 is 14.3 Å². The monoisotopic (exact) mass is 376 g/mol. The summed E-state index contributed by atoms with van der Waals surface area (Å²) in [6.07, 6.45) is 3.81. The van der Waals surface area contributed by atoms with Crippen molar-refractivity contribution in [2.24, 2.45) is 5.92 Å². The van der Waals surface area contributed by atoms with E-state index in [4.69, 9.17) is 4.74 Å². The number of amides is 2. The number of ether oxygens (including phenoxy) is 1. The Labute approximate surface area is 164 Å². The minimum absolute atomic E-state index is 0.0437. The molecule has 28 heavy (non-hydrogen) atoms. The molecule has 2 N–H and O–H groups in total. The summed E-state index contributed by atoms with van der Waals surface area (Å²) < 4.78 is 5.98. The highest BCUT2D eigenvalue weighted by Gasteiger charge is 2.40. The maximum absolute atomic E-state index is 12.6. The third-order valence-electron chi connectivity index (χ3n) is 5.38. The van der Waals surface area contributed by atoms with E-state index >= 15 is 0 Å². The molecule has 2 aliphatic rings. The Balaban J connectivity index is 1.35. The SMILES string of the molecule is O=C1NC2CC(C(=O)NCc3ccccc3)CCC2O/C1=C/c1ccccc1. The second kappa shape index (κ2) is 8.30. The summed E-state index contributed by atoms with van der Waals surface area (Å²) in [7, 11) is 0. The lowest BCUT2D eigenvalue weighted by Crippen LogP contribution is -2.54. The van der Waals surface area contributed by atoms with Gasteiger partial charge in [0.2, 0.25) is 5.91 Å². The molecular weight excluding hydrogens is 352 g/mol. The Morgan fingerprint density at radius 3 is 2.54 bits per heavy atom. The lowest BCUT2D eigenvalue weighted by molar-refractivity contribution is -0.134. The smallest absolute Gasteiger partial charge is 0.286 e. The van der Waals surface area contributed by atoms with E-state index in [1.807, 2.05) is 60.7 Å². The zero-order chi connectivity index (χ0) is 19.3. The number of morpholine rings is 1. The van der Waals surface area contributed by atoms with Gasteiger partial charge in [-0.25, -0.2) is 0 Å². The van der Waals surface area contributed by atoms with Crippen LogP contribution in [0, 0.1) is 5.92 Å². The number of fused-ring (bicyclic) bond motifs is 1. The van der Waals surface area contributed by atoms with Crippen LogP contribution in [0.2, 0.25) is 0 Å². The fourth-order valence-electron chi connectivity index (χ4n) is 3.86. The van der Waals surface area contributed by atoms with E-state index in [1.54, 1.807) is 6.08 Å². The lowest BCUT2D eigenvalue weighted by atomic mass is 9.82. The summed E-state index contributed by atoms with van der Waals surface area (Å²) in [5.41, 5.74) is 2.01. The van der Waals surface area contributed by atoms with Crippen LogP contribution in [0.3, 0.4) is 0 Å². The third-order valence-corrected chi connectivity index (χ3v) is 5.38. The summed E-state index contributed by atoms with van der Waals surface area (Å²) >= 11 is 0. The topological polar surface area (TPSA) is 67.4 Å². The van der Waals surface area contributed by atoms with Crippen molar-refractivity contribution in [1.82, 2.24) is 10.6 Å². The molecule has 4 rings (SSSR count). The molecule has 0 bridgehead atoms. The van der Waals surface area contributed by atoms with Gasteiger partial charge in [-0.05, 0) is 36.5 Å². The third kappa shape index (κ3) is 4.25. The first kappa shape index (κ1) is 18.3. The van der Waals surface area contributed by atoms with Crippen molar-refractivity contribution in [3.63, 3.8) is 0 Å². The number of nitrogens with one attached hydrogen (secondary N) is 2. The van der Waals surface area contributed by atoms with Gasteiger partial charge in [0.1, 0.15) is 6.10 Å². The first-order valence-corrected chi connectivity index (χ1v) is 9.75. The van der Waals surface area contributed by atoms with Crippen molar-refractivity contribution in [2.45, 2.75) is 38.0 Å². The molecule has 0 aromatic heterocycles. The average Bonchev–Trinajstić information content (AvgIpc) is 2.74. The van der Waals surface area contributed by atoms with Crippen LogP contribution < -0.4 is 10.6 Å². The molecule has 5 nitrogen and oxygen atoms in total. The zero-order valence-corrected chi connectivity index (χ0v) is 15.6. The lowest BCUT2D eigenvalue weighted by Gasteiger charge is -2.39. The van der Waals surface area contributed by atoms with Gasteiger partial charge >= 0.3 is 0 Å². The Hall–Kier alpha value is -3.08. The van der Waals surface area contributed by atoms with Crippen molar-refractivity contribution in [3.8, 4) is 0 Å². The molecule has 1 aliphatic carbocycles. The van der Waals surface area contributed by atoms with Gasteiger partial charge in [-0.2, -0.15) is 0 Å². The van der Waals surface area contributed by atoms with E-state index in [0.717, 1.165) is 24.0 Å². The van der Waals surface area contributed by atoms with Gasteiger partial charge in [-0.1, -0.05) is 60.7 Å². The van der Waals surface area contributed by atoms with Crippen LogP contribution >= 0.6 is 0 Å². The summed E-state index contributed by atoms with van der Waals surface area (Å²) in [5, 5.41) is 6.05. The van der Waals surface area contributed by atoms with Gasteiger partial charge in [-0.3, -0.25) is 9.59 Å². The molecule has 2 aromatic rings. The van der Waals surface area contributed by atoms with E-state index < -0.39 is 0 Å². The fourth-order valence-corrected chi connectivity index (χ4v) is 3.86. The predicted molar refractivity (Wildman–Crippen MR) is 107 cm³/mol. The second-order valence-electron chi connectivity index (χ2n) is 7.37. The molecule has 144 valence electrons. The molecule has 1 heterocycles. The van der Waals surface area contributed by atoms with Crippen molar-refractivity contribution in [1.29, 1.82) is 0 Å². The van der Waals surface area contributed by atoms with Crippen LogP contribution in [-0.2, 0) is 20.9 Å². The molecule has 3 unspecified atom stereocenters. The van der Waals surface area contributed by atoms with E-state index in [9.17, 15) is 9.59 Å². The Morgan fingerprint density at radius 1 is 1.07 bits per heavy atom. The number of hydrogen-bond acceptors (Lipinski definition) is 3. The first-order chi connectivity index (χ1) is 13.7. The van der Waals surface area contributed by atoms with Gasteiger partial charge in [-0.15, -0.1) is 0 Å². The molecule has 5 heteroatoms. The molecule has 2 fully saturated rings. The van der Waals surface area contributed by atoms with Gasteiger partial charge in [0.05, 0.1) is 6.04 Å². The molecule has 0 spiro atoms. The summed E-state index contributed by atoms with van der Waals surface area (Å²) in [6.45, 7) is 0.525. The number of rotatable bonds is 4. The van der Waals surface area contributed by atoms with Crippen molar-refractivity contribution in [3.05, 3.63) is 77.5 Å². The van der Waals surface area contributed by atoms with E-state index in [-0.39, 0.29) is 29.9 Å². The number of benzene rings is 2.